The van der Waals surface area contributed by atoms with Crippen LogP contribution in [0.5, 0.6) is 0 Å². The number of nitrogens with zero attached hydrogens (tertiary/aromatic N) is 2. The third-order valence-corrected chi connectivity index (χ3v) is 3.38. The average Bonchev–Trinajstić information content (AvgIpc) is 2.38. The van der Waals surface area contributed by atoms with E-state index in [1.165, 1.54) is 12.0 Å². The molecule has 0 spiro atoms. The molecular formula is C13H22N4. The van der Waals surface area contributed by atoms with Crippen LogP contribution < -0.4 is 11.1 Å². The first-order valence-electron chi connectivity index (χ1n) is 6.48. The minimum absolute atomic E-state index is 0.427. The standard InChI is InChI=1S/C13H22N4/c1-2-4-12(17-9-7-15-8-10-17)11-5-3-6-16-13(11)14/h3,5-6,12,15H,2,4,7-10H2,1H3,(H2,14,16)/t12-/m1/s1. The summed E-state index contributed by atoms with van der Waals surface area (Å²) in [5, 5.41) is 3.39. The number of anilines is 1. The lowest BCUT2D eigenvalue weighted by Crippen LogP contribution is -2.45. The van der Waals surface area contributed by atoms with E-state index in [1.54, 1.807) is 6.20 Å². The third-order valence-electron chi connectivity index (χ3n) is 3.38. The predicted molar refractivity (Wildman–Crippen MR) is 70.7 cm³/mol. The number of hydrogen-bond acceptors (Lipinski definition) is 4. The first kappa shape index (κ1) is 12.3. The van der Waals surface area contributed by atoms with Crippen LogP contribution >= 0.6 is 0 Å². The second kappa shape index (κ2) is 5.98. The summed E-state index contributed by atoms with van der Waals surface area (Å²) in [6, 6.07) is 4.53. The number of nitrogen functional groups attached to an aromatic ring is 1. The van der Waals surface area contributed by atoms with Gasteiger partial charge in [0.2, 0.25) is 0 Å². The Bertz CT molecular complexity index is 347. The molecule has 0 aromatic carbocycles. The van der Waals surface area contributed by atoms with Crippen molar-refractivity contribution in [3.63, 3.8) is 0 Å². The molecule has 1 aliphatic rings. The van der Waals surface area contributed by atoms with Gasteiger partial charge in [-0.05, 0) is 12.5 Å². The second-order valence-electron chi connectivity index (χ2n) is 4.57. The lowest BCUT2D eigenvalue weighted by atomic mass is 10.0. The summed E-state index contributed by atoms with van der Waals surface area (Å²) < 4.78 is 0. The summed E-state index contributed by atoms with van der Waals surface area (Å²) in [7, 11) is 0. The van der Waals surface area contributed by atoms with Crippen LogP contribution in [-0.4, -0.2) is 36.1 Å². The molecule has 1 aromatic rings. The average molecular weight is 234 g/mol. The van der Waals surface area contributed by atoms with Gasteiger partial charge in [0.05, 0.1) is 0 Å². The van der Waals surface area contributed by atoms with Gasteiger partial charge in [0.15, 0.2) is 0 Å². The van der Waals surface area contributed by atoms with Gasteiger partial charge in [0, 0.05) is 44.0 Å². The second-order valence-corrected chi connectivity index (χ2v) is 4.57. The molecule has 4 nitrogen and oxygen atoms in total. The van der Waals surface area contributed by atoms with Gasteiger partial charge in [-0.3, -0.25) is 4.90 Å². The quantitative estimate of drug-likeness (QED) is 0.827. The molecule has 1 atom stereocenters. The molecule has 2 heterocycles. The highest BCUT2D eigenvalue weighted by Crippen LogP contribution is 2.28. The fourth-order valence-electron chi connectivity index (χ4n) is 2.51. The monoisotopic (exact) mass is 234 g/mol. The fourth-order valence-corrected chi connectivity index (χ4v) is 2.51. The molecule has 0 aliphatic carbocycles. The first-order chi connectivity index (χ1) is 8.33. The summed E-state index contributed by atoms with van der Waals surface area (Å²) >= 11 is 0. The summed E-state index contributed by atoms with van der Waals surface area (Å²) in [4.78, 5) is 6.73. The van der Waals surface area contributed by atoms with Crippen molar-refractivity contribution in [3.05, 3.63) is 23.9 Å². The number of nitrogens with one attached hydrogen (secondary N) is 1. The van der Waals surface area contributed by atoms with Crippen LogP contribution in [0.1, 0.15) is 31.4 Å². The summed E-state index contributed by atoms with van der Waals surface area (Å²) in [5.74, 6) is 0.685. The highest BCUT2D eigenvalue weighted by atomic mass is 15.2. The molecule has 0 radical (unpaired) electrons. The van der Waals surface area contributed by atoms with Gasteiger partial charge in [-0.15, -0.1) is 0 Å². The third kappa shape index (κ3) is 2.96. The molecule has 1 fully saturated rings. The van der Waals surface area contributed by atoms with Crippen LogP contribution in [0.15, 0.2) is 18.3 Å². The van der Waals surface area contributed by atoms with Gasteiger partial charge in [-0.1, -0.05) is 19.4 Å². The van der Waals surface area contributed by atoms with Crippen molar-refractivity contribution >= 4 is 5.82 Å². The molecule has 3 N–H and O–H groups in total. The van der Waals surface area contributed by atoms with Gasteiger partial charge in [0.1, 0.15) is 5.82 Å². The van der Waals surface area contributed by atoms with Crippen molar-refractivity contribution in [2.75, 3.05) is 31.9 Å². The molecular weight excluding hydrogens is 212 g/mol. The lowest BCUT2D eigenvalue weighted by molar-refractivity contribution is 0.165. The van der Waals surface area contributed by atoms with Crippen LogP contribution in [-0.2, 0) is 0 Å². The van der Waals surface area contributed by atoms with Gasteiger partial charge in [-0.2, -0.15) is 0 Å². The Kier molecular flexibility index (Phi) is 4.34. The fraction of sp³-hybridized carbons (Fsp3) is 0.615. The molecule has 1 aromatic heterocycles. The van der Waals surface area contributed by atoms with E-state index < -0.39 is 0 Å². The van der Waals surface area contributed by atoms with E-state index in [1.807, 2.05) is 6.07 Å². The molecule has 0 unspecified atom stereocenters. The van der Waals surface area contributed by atoms with Gasteiger partial charge < -0.3 is 11.1 Å². The van der Waals surface area contributed by atoms with Crippen LogP contribution in [0.3, 0.4) is 0 Å². The van der Waals surface area contributed by atoms with E-state index >= 15 is 0 Å². The zero-order chi connectivity index (χ0) is 12.1. The zero-order valence-corrected chi connectivity index (χ0v) is 10.5. The number of hydrogen-bond donors (Lipinski definition) is 2. The van der Waals surface area contributed by atoms with Gasteiger partial charge >= 0.3 is 0 Å². The van der Waals surface area contributed by atoms with Crippen molar-refractivity contribution in [1.29, 1.82) is 0 Å². The Morgan fingerprint density at radius 2 is 2.24 bits per heavy atom. The summed E-state index contributed by atoms with van der Waals surface area (Å²) in [5.41, 5.74) is 7.20. The molecule has 0 bridgehead atoms. The summed E-state index contributed by atoms with van der Waals surface area (Å²) in [6.45, 7) is 6.56. The zero-order valence-electron chi connectivity index (χ0n) is 10.5. The van der Waals surface area contributed by atoms with E-state index in [0.29, 0.717) is 11.9 Å². The molecule has 17 heavy (non-hydrogen) atoms. The molecule has 0 amide bonds. The summed E-state index contributed by atoms with van der Waals surface area (Å²) in [6.07, 6.45) is 4.08. The van der Waals surface area contributed by atoms with E-state index in [9.17, 15) is 0 Å². The minimum Gasteiger partial charge on any atom is -0.383 e. The maximum absolute atomic E-state index is 6.00. The largest absolute Gasteiger partial charge is 0.383 e. The molecule has 94 valence electrons. The number of pyridine rings is 1. The highest BCUT2D eigenvalue weighted by Gasteiger charge is 2.23. The molecule has 1 saturated heterocycles. The Balaban J connectivity index is 2.18. The molecule has 4 heteroatoms. The van der Waals surface area contributed by atoms with Crippen molar-refractivity contribution < 1.29 is 0 Å². The topological polar surface area (TPSA) is 54.2 Å². The first-order valence-corrected chi connectivity index (χ1v) is 6.48. The maximum Gasteiger partial charge on any atom is 0.128 e. The smallest absolute Gasteiger partial charge is 0.128 e. The van der Waals surface area contributed by atoms with E-state index in [4.69, 9.17) is 5.73 Å². The Hall–Kier alpha value is -1.13. The Morgan fingerprint density at radius 3 is 2.88 bits per heavy atom. The minimum atomic E-state index is 0.427. The van der Waals surface area contributed by atoms with Crippen molar-refractivity contribution in [1.82, 2.24) is 15.2 Å². The lowest BCUT2D eigenvalue weighted by Gasteiger charge is -2.35. The van der Waals surface area contributed by atoms with Crippen molar-refractivity contribution in [2.45, 2.75) is 25.8 Å². The number of aromatic nitrogens is 1. The van der Waals surface area contributed by atoms with Crippen molar-refractivity contribution in [3.8, 4) is 0 Å². The van der Waals surface area contributed by atoms with E-state index in [0.717, 1.165) is 32.6 Å². The van der Waals surface area contributed by atoms with Gasteiger partial charge in [-0.25, -0.2) is 4.98 Å². The maximum atomic E-state index is 6.00. The van der Waals surface area contributed by atoms with Crippen LogP contribution in [0, 0.1) is 0 Å². The van der Waals surface area contributed by atoms with Gasteiger partial charge in [0.25, 0.3) is 0 Å². The number of rotatable bonds is 4. The van der Waals surface area contributed by atoms with Crippen LogP contribution in [0.4, 0.5) is 5.82 Å². The predicted octanol–water partition coefficient (Wildman–Crippen LogP) is 1.41. The Morgan fingerprint density at radius 1 is 1.47 bits per heavy atom. The molecule has 0 saturated carbocycles. The van der Waals surface area contributed by atoms with E-state index in [2.05, 4.69) is 28.2 Å². The number of nitrogens with two attached hydrogens (primary N) is 1. The van der Waals surface area contributed by atoms with Crippen molar-refractivity contribution in [2.24, 2.45) is 0 Å². The SMILES string of the molecule is CCC[C@H](c1cccnc1N)N1CCNCC1. The number of piperazine rings is 1. The highest BCUT2D eigenvalue weighted by molar-refractivity contribution is 5.40. The van der Waals surface area contributed by atoms with E-state index in [-0.39, 0.29) is 0 Å². The molecule has 2 rings (SSSR count). The van der Waals surface area contributed by atoms with Crippen LogP contribution in [0.2, 0.25) is 0 Å². The Labute approximate surface area is 103 Å². The van der Waals surface area contributed by atoms with Crippen LogP contribution in [0.25, 0.3) is 0 Å². The normalized spacial score (nSPS) is 19.1. The molecule has 1 aliphatic heterocycles.